The minimum absolute atomic E-state index is 0.224. The molecule has 0 atom stereocenters. The Bertz CT molecular complexity index is 685. The molecule has 2 aromatic rings. The summed E-state index contributed by atoms with van der Waals surface area (Å²) in [7, 11) is 0. The van der Waals surface area contributed by atoms with E-state index >= 15 is 0 Å². The van der Waals surface area contributed by atoms with E-state index in [1.807, 2.05) is 0 Å². The second-order valence-corrected chi connectivity index (χ2v) is 5.19. The molecule has 0 spiro atoms. The third kappa shape index (κ3) is 2.04. The minimum Gasteiger partial charge on any atom is -0.321 e. The summed E-state index contributed by atoms with van der Waals surface area (Å²) >= 11 is 3.29. The summed E-state index contributed by atoms with van der Waals surface area (Å²) in [4.78, 5) is 1.72. The molecule has 96 valence electrons. The molecule has 0 unspecified atom stereocenters. The van der Waals surface area contributed by atoms with E-state index in [0.717, 1.165) is 5.56 Å². The molecule has 0 saturated carbocycles. The molecule has 1 aliphatic heterocycles. The van der Waals surface area contributed by atoms with E-state index in [1.54, 1.807) is 17.0 Å². The van der Waals surface area contributed by atoms with Crippen LogP contribution in [-0.4, -0.2) is 5.84 Å². The zero-order valence-electron chi connectivity index (χ0n) is 9.75. The number of benzene rings is 2. The van der Waals surface area contributed by atoms with Crippen LogP contribution in [0.4, 0.5) is 14.5 Å². The van der Waals surface area contributed by atoms with Gasteiger partial charge in [-0.05, 0) is 51.8 Å². The summed E-state index contributed by atoms with van der Waals surface area (Å²) in [5.41, 5.74) is 2.17. The predicted octanol–water partition coefficient (Wildman–Crippen LogP) is 4.07. The maximum Gasteiger partial charge on any atom is 0.133 e. The lowest BCUT2D eigenvalue weighted by atomic mass is 10.1. The van der Waals surface area contributed by atoms with Crippen LogP contribution in [0.5, 0.6) is 0 Å². The molecule has 2 aromatic carbocycles. The van der Waals surface area contributed by atoms with E-state index in [-0.39, 0.29) is 17.5 Å². The van der Waals surface area contributed by atoms with Gasteiger partial charge in [-0.25, -0.2) is 8.78 Å². The molecular weight excluding hydrogens is 314 g/mol. The number of fused-ring (bicyclic) bond motifs is 1. The molecule has 3 rings (SSSR count). The van der Waals surface area contributed by atoms with Gasteiger partial charge in [0.05, 0.1) is 12.2 Å². The molecule has 5 heteroatoms. The Morgan fingerprint density at radius 3 is 2.47 bits per heavy atom. The van der Waals surface area contributed by atoms with Crippen molar-refractivity contribution in [2.45, 2.75) is 6.54 Å². The number of halogens is 3. The van der Waals surface area contributed by atoms with Crippen molar-refractivity contribution in [2.75, 3.05) is 4.90 Å². The molecule has 0 fully saturated rings. The van der Waals surface area contributed by atoms with E-state index < -0.39 is 0 Å². The van der Waals surface area contributed by atoms with Crippen molar-refractivity contribution in [1.82, 2.24) is 0 Å². The summed E-state index contributed by atoms with van der Waals surface area (Å²) in [5.74, 6) is -0.477. The zero-order valence-corrected chi connectivity index (χ0v) is 11.3. The van der Waals surface area contributed by atoms with Crippen molar-refractivity contribution in [3.05, 3.63) is 63.6 Å². The number of hydrogen-bond acceptors (Lipinski definition) is 1. The van der Waals surface area contributed by atoms with Crippen LogP contribution in [0.25, 0.3) is 0 Å². The average molecular weight is 323 g/mol. The molecular formula is C14H9BrF2N2. The summed E-state index contributed by atoms with van der Waals surface area (Å²) in [5, 5.41) is 8.12. The van der Waals surface area contributed by atoms with Crippen molar-refractivity contribution >= 4 is 27.5 Å². The largest absolute Gasteiger partial charge is 0.321 e. The lowest BCUT2D eigenvalue weighted by Crippen LogP contribution is -2.23. The van der Waals surface area contributed by atoms with Crippen molar-refractivity contribution < 1.29 is 8.78 Å². The Morgan fingerprint density at radius 2 is 1.74 bits per heavy atom. The number of nitrogens with one attached hydrogen (secondary N) is 1. The fourth-order valence-corrected chi connectivity index (χ4v) is 2.77. The maximum atomic E-state index is 13.2. The summed E-state index contributed by atoms with van der Waals surface area (Å²) in [6.45, 7) is 0.485. The Hall–Kier alpha value is -1.75. The zero-order chi connectivity index (χ0) is 13.6. The number of nitrogens with zero attached hydrogens (tertiary/aromatic N) is 1. The standard InChI is InChI=1S/C14H9BrF2N2/c15-12-6-10(17)3-4-13(12)19-7-8-1-2-9(16)5-11(8)14(19)18/h1-6,18H,7H2. The van der Waals surface area contributed by atoms with Crippen LogP contribution in [0.2, 0.25) is 0 Å². The van der Waals surface area contributed by atoms with Gasteiger partial charge in [-0.1, -0.05) is 6.07 Å². The normalized spacial score (nSPS) is 13.8. The molecule has 1 N–H and O–H groups in total. The van der Waals surface area contributed by atoms with Crippen molar-refractivity contribution in [3.63, 3.8) is 0 Å². The quantitative estimate of drug-likeness (QED) is 0.841. The SMILES string of the molecule is N=C1c2cc(F)ccc2CN1c1ccc(F)cc1Br. The Labute approximate surface area is 117 Å². The molecule has 19 heavy (non-hydrogen) atoms. The molecule has 0 saturated heterocycles. The van der Waals surface area contributed by atoms with Crippen LogP contribution in [0, 0.1) is 17.0 Å². The van der Waals surface area contributed by atoms with Gasteiger partial charge in [0.1, 0.15) is 17.5 Å². The van der Waals surface area contributed by atoms with Gasteiger partial charge in [0.15, 0.2) is 0 Å². The Kier molecular flexibility index (Phi) is 2.86. The highest BCUT2D eigenvalue weighted by Crippen LogP contribution is 2.33. The van der Waals surface area contributed by atoms with Crippen LogP contribution in [0.3, 0.4) is 0 Å². The number of amidine groups is 1. The van der Waals surface area contributed by atoms with Crippen molar-refractivity contribution in [1.29, 1.82) is 5.41 Å². The second-order valence-electron chi connectivity index (χ2n) is 4.33. The predicted molar refractivity (Wildman–Crippen MR) is 73.5 cm³/mol. The van der Waals surface area contributed by atoms with Crippen LogP contribution in [0.15, 0.2) is 40.9 Å². The molecule has 0 aromatic heterocycles. The summed E-state index contributed by atoms with van der Waals surface area (Å²) in [6, 6.07) is 8.72. The Balaban J connectivity index is 2.04. The van der Waals surface area contributed by atoms with Crippen molar-refractivity contribution in [2.24, 2.45) is 0 Å². The highest BCUT2D eigenvalue weighted by Gasteiger charge is 2.26. The first-order valence-electron chi connectivity index (χ1n) is 5.66. The van der Waals surface area contributed by atoms with Crippen LogP contribution in [0.1, 0.15) is 11.1 Å². The topological polar surface area (TPSA) is 27.1 Å². The number of rotatable bonds is 1. The highest BCUT2D eigenvalue weighted by atomic mass is 79.9. The number of hydrogen-bond donors (Lipinski definition) is 1. The van der Waals surface area contributed by atoms with Gasteiger partial charge in [0, 0.05) is 10.0 Å². The maximum absolute atomic E-state index is 13.2. The summed E-state index contributed by atoms with van der Waals surface area (Å²) < 4.78 is 26.9. The van der Waals surface area contributed by atoms with E-state index in [0.29, 0.717) is 22.3 Å². The van der Waals surface area contributed by atoms with E-state index in [9.17, 15) is 8.78 Å². The molecule has 0 amide bonds. The molecule has 0 bridgehead atoms. The third-order valence-electron chi connectivity index (χ3n) is 3.13. The summed E-state index contributed by atoms with van der Waals surface area (Å²) in [6.07, 6.45) is 0. The lowest BCUT2D eigenvalue weighted by molar-refractivity contribution is 0.626. The fraction of sp³-hybridized carbons (Fsp3) is 0.0714. The van der Waals surface area contributed by atoms with E-state index in [1.165, 1.54) is 24.3 Å². The van der Waals surface area contributed by atoms with Gasteiger partial charge < -0.3 is 4.90 Å². The van der Waals surface area contributed by atoms with Crippen LogP contribution in [-0.2, 0) is 6.54 Å². The smallest absolute Gasteiger partial charge is 0.133 e. The van der Waals surface area contributed by atoms with Gasteiger partial charge in [0.2, 0.25) is 0 Å². The van der Waals surface area contributed by atoms with E-state index in [2.05, 4.69) is 15.9 Å². The second kappa shape index (κ2) is 4.42. The lowest BCUT2D eigenvalue weighted by Gasteiger charge is -2.19. The van der Waals surface area contributed by atoms with E-state index in [4.69, 9.17) is 5.41 Å². The highest BCUT2D eigenvalue weighted by molar-refractivity contribution is 9.10. The minimum atomic E-state index is -0.358. The average Bonchev–Trinajstić information content (AvgIpc) is 2.67. The molecule has 0 aliphatic carbocycles. The van der Waals surface area contributed by atoms with Gasteiger partial charge in [0.25, 0.3) is 0 Å². The fourth-order valence-electron chi connectivity index (χ4n) is 2.21. The molecule has 1 heterocycles. The first kappa shape index (κ1) is 12.3. The van der Waals surface area contributed by atoms with Crippen LogP contribution >= 0.6 is 15.9 Å². The van der Waals surface area contributed by atoms with Crippen LogP contribution < -0.4 is 4.90 Å². The molecule has 2 nitrogen and oxygen atoms in total. The Morgan fingerprint density at radius 1 is 1.05 bits per heavy atom. The van der Waals surface area contributed by atoms with Crippen molar-refractivity contribution in [3.8, 4) is 0 Å². The molecule has 0 radical (unpaired) electrons. The van der Waals surface area contributed by atoms with Gasteiger partial charge in [-0.3, -0.25) is 5.41 Å². The third-order valence-corrected chi connectivity index (χ3v) is 3.76. The van der Waals surface area contributed by atoms with Gasteiger partial charge in [-0.2, -0.15) is 0 Å². The first-order chi connectivity index (χ1) is 9.06. The van der Waals surface area contributed by atoms with Gasteiger partial charge >= 0.3 is 0 Å². The molecule has 1 aliphatic rings. The number of anilines is 1. The first-order valence-corrected chi connectivity index (χ1v) is 6.45. The monoisotopic (exact) mass is 322 g/mol. The van der Waals surface area contributed by atoms with Gasteiger partial charge in [-0.15, -0.1) is 0 Å².